The van der Waals surface area contributed by atoms with Crippen LogP contribution in [0.15, 0.2) is 0 Å². The summed E-state index contributed by atoms with van der Waals surface area (Å²) in [6.07, 6.45) is 0. The maximum Gasteiger partial charge on any atom is 0.394 e. The zero-order valence-corrected chi connectivity index (χ0v) is 5.39. The minimum atomic E-state index is -4.67. The Morgan fingerprint density at radius 3 is 1.00 bits per heavy atom. The van der Waals surface area contributed by atoms with Crippen molar-refractivity contribution in [2.75, 3.05) is 0 Å². The average Bonchev–Trinajstić information content (AvgIpc) is 0.722. The third kappa shape index (κ3) is 631. The Bertz CT molecular complexity index is 92.9. The van der Waals surface area contributed by atoms with E-state index in [-0.39, 0.29) is 24.8 Å². The molecule has 0 aromatic carbocycles. The highest BCUT2D eigenvalue weighted by atomic mass is 35.5. The molecule has 0 radical (unpaired) electrons. The van der Waals surface area contributed by atoms with Crippen LogP contribution in [0.4, 0.5) is 0 Å². The second-order valence-corrected chi connectivity index (χ2v) is 1.34. The number of hydrogen-bond acceptors (Lipinski definition) is 2. The summed E-state index contributed by atoms with van der Waals surface area (Å²) >= 11 is 0. The molecular weight excluding hydrogens is 167 g/mol. The normalized spacial score (nSPS) is 8.29. The zero-order valence-electron chi connectivity index (χ0n) is 2.94. The molecular formula is H4Cl2O4S. The van der Waals surface area contributed by atoms with Gasteiger partial charge in [-0.15, -0.1) is 24.8 Å². The summed E-state index contributed by atoms with van der Waals surface area (Å²) in [6.45, 7) is 0. The lowest BCUT2D eigenvalue weighted by molar-refractivity contribution is 0.381. The molecule has 0 amide bonds. The van der Waals surface area contributed by atoms with E-state index in [1.165, 1.54) is 0 Å². The van der Waals surface area contributed by atoms with Crippen molar-refractivity contribution in [3.8, 4) is 0 Å². The largest absolute Gasteiger partial charge is 0.394 e. The molecule has 0 atom stereocenters. The monoisotopic (exact) mass is 170 g/mol. The Labute approximate surface area is 53.3 Å². The van der Waals surface area contributed by atoms with Gasteiger partial charge in [0.1, 0.15) is 0 Å². The summed E-state index contributed by atoms with van der Waals surface area (Å²) in [6, 6.07) is 0. The van der Waals surface area contributed by atoms with E-state index in [1.54, 1.807) is 0 Å². The molecule has 2 N–H and O–H groups in total. The predicted octanol–water partition coefficient (Wildman–Crippen LogP) is 0.191. The fourth-order valence-corrected chi connectivity index (χ4v) is 0. The second-order valence-electron chi connectivity index (χ2n) is 0.448. The first-order chi connectivity index (χ1) is 2.00. The van der Waals surface area contributed by atoms with Gasteiger partial charge >= 0.3 is 10.4 Å². The molecule has 7 heavy (non-hydrogen) atoms. The van der Waals surface area contributed by atoms with E-state index in [9.17, 15) is 0 Å². The fourth-order valence-electron chi connectivity index (χ4n) is 0. The molecule has 0 bridgehead atoms. The Morgan fingerprint density at radius 1 is 1.00 bits per heavy atom. The highest BCUT2D eigenvalue weighted by Gasteiger charge is 1.84. The van der Waals surface area contributed by atoms with E-state index >= 15 is 0 Å². The molecule has 48 valence electrons. The predicted molar refractivity (Wildman–Crippen MR) is 28.7 cm³/mol. The summed E-state index contributed by atoms with van der Waals surface area (Å²) in [4.78, 5) is 0. The molecule has 0 heterocycles. The molecule has 0 aromatic rings. The van der Waals surface area contributed by atoms with Crippen molar-refractivity contribution < 1.29 is 17.5 Å². The van der Waals surface area contributed by atoms with Crippen molar-refractivity contribution in [2.45, 2.75) is 0 Å². The molecule has 4 nitrogen and oxygen atoms in total. The Hall–Kier alpha value is 0.450. The van der Waals surface area contributed by atoms with E-state index in [4.69, 9.17) is 17.5 Å². The highest BCUT2D eigenvalue weighted by Crippen LogP contribution is 1.59. The summed E-state index contributed by atoms with van der Waals surface area (Å²) in [5.74, 6) is 0. The van der Waals surface area contributed by atoms with Crippen LogP contribution in [-0.2, 0) is 10.4 Å². The molecule has 0 fully saturated rings. The third-order valence-corrected chi connectivity index (χ3v) is 0. The zero-order chi connectivity index (χ0) is 4.50. The topological polar surface area (TPSA) is 74.6 Å². The number of rotatable bonds is 0. The SMILES string of the molecule is Cl.Cl.O=S(=O)(O)O. The fraction of sp³-hybridized carbons (Fsp3) is 0. The van der Waals surface area contributed by atoms with Crippen LogP contribution in [0, 0.1) is 0 Å². The molecule has 0 saturated heterocycles. The van der Waals surface area contributed by atoms with Gasteiger partial charge in [0.2, 0.25) is 0 Å². The van der Waals surface area contributed by atoms with E-state index in [0.717, 1.165) is 0 Å². The van der Waals surface area contributed by atoms with E-state index in [0.29, 0.717) is 0 Å². The summed E-state index contributed by atoms with van der Waals surface area (Å²) < 4.78 is 31.6. The lowest BCUT2D eigenvalue weighted by Crippen LogP contribution is -1.89. The van der Waals surface area contributed by atoms with Crippen LogP contribution in [-0.4, -0.2) is 17.5 Å². The van der Waals surface area contributed by atoms with Gasteiger partial charge in [-0.25, -0.2) is 0 Å². The van der Waals surface area contributed by atoms with Crippen molar-refractivity contribution in [2.24, 2.45) is 0 Å². The van der Waals surface area contributed by atoms with Crippen molar-refractivity contribution in [3.05, 3.63) is 0 Å². The van der Waals surface area contributed by atoms with Crippen LogP contribution >= 0.6 is 24.8 Å². The highest BCUT2D eigenvalue weighted by molar-refractivity contribution is 7.79. The van der Waals surface area contributed by atoms with Crippen LogP contribution in [0.5, 0.6) is 0 Å². The smallest absolute Gasteiger partial charge is 0.264 e. The number of hydrogen-bond donors (Lipinski definition) is 2. The summed E-state index contributed by atoms with van der Waals surface area (Å²) in [5, 5.41) is 0. The molecule has 0 aliphatic heterocycles. The van der Waals surface area contributed by atoms with Gasteiger partial charge in [0.15, 0.2) is 0 Å². The maximum atomic E-state index is 8.74. The first-order valence-electron chi connectivity index (χ1n) is 0.698. The first kappa shape index (κ1) is 15.7. The minimum Gasteiger partial charge on any atom is -0.264 e. The molecule has 7 heteroatoms. The minimum absolute atomic E-state index is 0. The average molecular weight is 171 g/mol. The van der Waals surface area contributed by atoms with Gasteiger partial charge in [0.25, 0.3) is 0 Å². The molecule has 0 spiro atoms. The Balaban J connectivity index is -0.0000000800. The van der Waals surface area contributed by atoms with Gasteiger partial charge in [-0.3, -0.25) is 9.11 Å². The second kappa shape index (κ2) is 4.61. The first-order valence-corrected chi connectivity index (χ1v) is 2.10. The van der Waals surface area contributed by atoms with Crippen LogP contribution in [0.1, 0.15) is 0 Å². The van der Waals surface area contributed by atoms with Gasteiger partial charge < -0.3 is 0 Å². The molecule has 0 unspecified atom stereocenters. The van der Waals surface area contributed by atoms with Gasteiger partial charge in [0, 0.05) is 0 Å². The molecule has 0 saturated carbocycles. The van der Waals surface area contributed by atoms with Gasteiger partial charge in [-0.2, -0.15) is 8.42 Å². The van der Waals surface area contributed by atoms with E-state index in [2.05, 4.69) is 0 Å². The van der Waals surface area contributed by atoms with E-state index in [1.807, 2.05) is 0 Å². The van der Waals surface area contributed by atoms with Gasteiger partial charge in [-0.05, 0) is 0 Å². The van der Waals surface area contributed by atoms with Gasteiger partial charge in [-0.1, -0.05) is 0 Å². The van der Waals surface area contributed by atoms with E-state index < -0.39 is 10.4 Å². The van der Waals surface area contributed by atoms with Gasteiger partial charge in [0.05, 0.1) is 0 Å². The molecule has 0 aliphatic rings. The molecule has 0 aromatic heterocycles. The van der Waals surface area contributed by atoms with Crippen LogP contribution in [0.25, 0.3) is 0 Å². The van der Waals surface area contributed by atoms with Crippen LogP contribution in [0.2, 0.25) is 0 Å². The number of halogens is 2. The quantitative estimate of drug-likeness (QED) is 0.510. The van der Waals surface area contributed by atoms with Crippen molar-refractivity contribution in [1.29, 1.82) is 0 Å². The van der Waals surface area contributed by atoms with Crippen LogP contribution < -0.4 is 0 Å². The van der Waals surface area contributed by atoms with Crippen molar-refractivity contribution in [3.63, 3.8) is 0 Å². The standard InChI is InChI=1S/2ClH.H2O4S/c;;1-5(2,3)4/h2*1H;(H2,1,2,3,4). The van der Waals surface area contributed by atoms with Crippen molar-refractivity contribution >= 4 is 35.2 Å². The van der Waals surface area contributed by atoms with Crippen molar-refractivity contribution in [1.82, 2.24) is 0 Å². The third-order valence-electron chi connectivity index (χ3n) is 0. The molecule has 0 rings (SSSR count). The molecule has 0 aliphatic carbocycles. The lowest BCUT2D eigenvalue weighted by atomic mass is 15.8. The maximum absolute atomic E-state index is 8.74. The van der Waals surface area contributed by atoms with Crippen LogP contribution in [0.3, 0.4) is 0 Å². The lowest BCUT2D eigenvalue weighted by Gasteiger charge is -1.68. The Kier molecular flexibility index (Phi) is 10.3. The summed E-state index contributed by atoms with van der Waals surface area (Å²) in [7, 11) is -4.67. The summed E-state index contributed by atoms with van der Waals surface area (Å²) in [5.41, 5.74) is 0. The Morgan fingerprint density at radius 2 is 1.00 bits per heavy atom.